The largest absolute Gasteiger partial charge is 1.00 e. The van der Waals surface area contributed by atoms with Crippen molar-refractivity contribution in [3.05, 3.63) is 58.7 Å². The second kappa shape index (κ2) is 16.6. The maximum Gasteiger partial charge on any atom is 1.00 e. The van der Waals surface area contributed by atoms with Gasteiger partial charge < -0.3 is 10.7 Å². The molecule has 0 spiro atoms. The number of alkyl halides is 3. The first-order valence-electron chi connectivity index (χ1n) is 10.2. The molecule has 10 heteroatoms. The normalized spacial score (nSPS) is 13.5. The van der Waals surface area contributed by atoms with Crippen molar-refractivity contribution in [3.8, 4) is 0 Å². The molecule has 0 radical (unpaired) electrons. The quantitative estimate of drug-likeness (QED) is 0.235. The van der Waals surface area contributed by atoms with Crippen molar-refractivity contribution in [1.29, 1.82) is 10.8 Å². The van der Waals surface area contributed by atoms with E-state index in [1.165, 1.54) is 0 Å². The van der Waals surface area contributed by atoms with Gasteiger partial charge in [-0.05, 0) is 26.0 Å². The summed E-state index contributed by atoms with van der Waals surface area (Å²) in [5, 5.41) is 19.1. The summed E-state index contributed by atoms with van der Waals surface area (Å²) < 4.78 is 37.5. The predicted octanol–water partition coefficient (Wildman–Crippen LogP) is 3.36. The molecule has 0 unspecified atom stereocenters. The van der Waals surface area contributed by atoms with Crippen molar-refractivity contribution in [2.75, 3.05) is 13.1 Å². The fourth-order valence-corrected chi connectivity index (χ4v) is 2.79. The zero-order valence-corrected chi connectivity index (χ0v) is 23.1. The molecule has 3 N–H and O–H groups in total. The van der Waals surface area contributed by atoms with Gasteiger partial charge in [-0.2, -0.15) is 55.1 Å². The average molecular weight is 508 g/mol. The second-order valence-electron chi connectivity index (χ2n) is 7.06. The van der Waals surface area contributed by atoms with E-state index < -0.39 is 25.2 Å². The Kier molecular flexibility index (Phi) is 16.1. The van der Waals surface area contributed by atoms with Crippen molar-refractivity contribution >= 4 is 29.2 Å². The smallest absolute Gasteiger partial charge is 0.397 e. The molecule has 1 aliphatic carbocycles. The van der Waals surface area contributed by atoms with Crippen molar-refractivity contribution < 1.29 is 69.4 Å². The van der Waals surface area contributed by atoms with Gasteiger partial charge in [-0.1, -0.05) is 36.1 Å². The summed E-state index contributed by atoms with van der Waals surface area (Å²) in [6.45, 7) is 2.47. The van der Waals surface area contributed by atoms with Gasteiger partial charge in [0.1, 0.15) is 5.84 Å². The van der Waals surface area contributed by atoms with E-state index in [1.807, 2.05) is 18.2 Å². The Morgan fingerprint density at radius 3 is 2.48 bits per heavy atom. The molecule has 0 saturated heterocycles. The van der Waals surface area contributed by atoms with Gasteiger partial charge in [-0.3, -0.25) is 16.4 Å². The number of hydrogen-bond acceptors (Lipinski definition) is 3. The van der Waals surface area contributed by atoms with Crippen LogP contribution in [0.1, 0.15) is 46.0 Å². The van der Waals surface area contributed by atoms with Gasteiger partial charge in [-0.15, -0.1) is 6.42 Å². The number of urea groups is 1. The van der Waals surface area contributed by atoms with Crippen molar-refractivity contribution in [2.45, 2.75) is 52.1 Å². The first-order chi connectivity index (χ1) is 15.0. The van der Waals surface area contributed by atoms with Crippen molar-refractivity contribution in [2.24, 2.45) is 0 Å². The maximum atomic E-state index is 12.5. The van der Waals surface area contributed by atoms with Crippen molar-refractivity contribution in [1.82, 2.24) is 10.2 Å². The molecule has 33 heavy (non-hydrogen) atoms. The zero-order chi connectivity index (χ0) is 24.1. The van der Waals surface area contributed by atoms with Crippen LogP contribution in [0, 0.1) is 23.0 Å². The van der Waals surface area contributed by atoms with E-state index in [1.54, 1.807) is 26.0 Å². The molecule has 5 nitrogen and oxygen atoms in total. The maximum absolute atomic E-state index is 12.5. The molecule has 0 saturated carbocycles. The second-order valence-corrected chi connectivity index (χ2v) is 7.49. The number of carbonyl (C=O) groups excluding carboxylic acids is 1. The van der Waals surface area contributed by atoms with Crippen LogP contribution < -0.4 is 56.7 Å². The number of allylic oxidation sites excluding steroid dienone is 2. The third-order valence-electron chi connectivity index (χ3n) is 4.58. The van der Waals surface area contributed by atoms with Gasteiger partial charge in [0.05, 0.1) is 6.42 Å². The summed E-state index contributed by atoms with van der Waals surface area (Å²) in [4.78, 5) is 13.0. The molecule has 1 aromatic carbocycles. The minimum absolute atomic E-state index is 0. The molecular formula is C23H28ClF3KN4O-. The van der Waals surface area contributed by atoms with Gasteiger partial charge in [0.15, 0.2) is 0 Å². The van der Waals surface area contributed by atoms with Gasteiger partial charge >= 0.3 is 63.6 Å². The van der Waals surface area contributed by atoms with Crippen molar-refractivity contribution in [3.63, 3.8) is 0 Å². The first kappa shape index (κ1) is 32.0. The number of rotatable bonds is 6. The van der Waals surface area contributed by atoms with Crippen LogP contribution in [0.4, 0.5) is 18.0 Å². The number of hydrogen-bond donors (Lipinski definition) is 3. The average Bonchev–Trinajstić information content (AvgIpc) is 2.77. The topological polar surface area (TPSA) is 80.0 Å². The van der Waals surface area contributed by atoms with Crippen LogP contribution in [0.15, 0.2) is 41.5 Å². The Bertz CT molecular complexity index is 842. The Balaban J connectivity index is 0.00000109. The number of nitrogens with zero attached hydrogens (tertiary/aromatic N) is 1. The number of amides is 2. The molecule has 2 amide bonds. The Morgan fingerprint density at radius 1 is 1.33 bits per heavy atom. The summed E-state index contributed by atoms with van der Waals surface area (Å²) in [7, 11) is 0. The Morgan fingerprint density at radius 2 is 2.03 bits per heavy atom. The van der Waals surface area contributed by atoms with E-state index in [-0.39, 0.29) is 69.5 Å². The van der Waals surface area contributed by atoms with Crippen LogP contribution >= 0.6 is 11.6 Å². The van der Waals surface area contributed by atoms with E-state index in [4.69, 9.17) is 22.4 Å². The van der Waals surface area contributed by atoms with Crippen LogP contribution in [-0.4, -0.2) is 41.7 Å². The molecule has 176 valence electrons. The Hall–Kier alpha value is -0.974. The van der Waals surface area contributed by atoms with E-state index >= 15 is 0 Å². The summed E-state index contributed by atoms with van der Waals surface area (Å²) in [5.74, 6) is -0.278. The first-order valence-corrected chi connectivity index (χ1v) is 10.6. The van der Waals surface area contributed by atoms with E-state index in [0.717, 1.165) is 41.2 Å². The molecule has 0 fully saturated rings. The molecule has 1 aromatic rings. The molecule has 0 aromatic heterocycles. The molecule has 2 rings (SSSR count). The van der Waals surface area contributed by atoms with E-state index in [2.05, 4.69) is 17.5 Å². The van der Waals surface area contributed by atoms with Gasteiger partial charge in [0, 0.05) is 6.54 Å². The zero-order valence-electron chi connectivity index (χ0n) is 19.2. The minimum atomic E-state index is -4.42. The van der Waals surface area contributed by atoms with E-state index in [0.29, 0.717) is 5.57 Å². The van der Waals surface area contributed by atoms with Crippen LogP contribution in [0.2, 0.25) is 5.02 Å². The summed E-state index contributed by atoms with van der Waals surface area (Å²) in [6, 6.07) is 9.22. The van der Waals surface area contributed by atoms with Gasteiger partial charge in [0.25, 0.3) is 0 Å². The van der Waals surface area contributed by atoms with Gasteiger partial charge in [0.2, 0.25) is 0 Å². The van der Waals surface area contributed by atoms with Crippen LogP contribution in [0.25, 0.3) is 0 Å². The fraction of sp³-hybridized carbons (Fsp3) is 0.435. The van der Waals surface area contributed by atoms with Crippen LogP contribution in [0.5, 0.6) is 0 Å². The molecular weight excluding hydrogens is 480 g/mol. The third-order valence-corrected chi connectivity index (χ3v) is 4.82. The number of halogens is 4. The number of carbonyl (C=O) groups is 1. The molecule has 0 aliphatic heterocycles. The predicted molar refractivity (Wildman–Crippen MR) is 121 cm³/mol. The monoisotopic (exact) mass is 507 g/mol. The molecule has 0 atom stereocenters. The standard InChI is InChI=1S/C17H24F3N4O.C6H4Cl.K/c1-3-12(2)15(22)24(10-9-17(18,19)20)16(25)23-11-14(21)13-7-5-4-6-8-13;7-6-4-2-1-3-5-6;/h3,21-22H,4-7,9-11H2,1-2H3,(H,23,25);1-2,4-5H;/q2*-1;+1/b12-3+,21-14?,22-15?;;. The van der Waals surface area contributed by atoms with Crippen LogP contribution in [-0.2, 0) is 0 Å². The fourth-order valence-electron chi connectivity index (χ4n) is 2.65. The van der Waals surface area contributed by atoms with Gasteiger partial charge in [-0.25, -0.2) is 10.4 Å². The number of benzene rings is 1. The molecule has 1 aliphatic rings. The number of amidine groups is 1. The number of nitrogens with one attached hydrogen (secondary N) is 3. The minimum Gasteiger partial charge on any atom is -0.397 e. The SMILES string of the molecule is C/C=C(\C)C(=N)N(CCC(F)(F)F)C(=O)NCC(=N)C1=[C-]CCCC1.Clc1c[c-]ccc1.[K+]. The summed E-state index contributed by atoms with van der Waals surface area (Å²) in [6.07, 6.45) is 2.51. The molecule has 0 heterocycles. The Labute approximate surface area is 241 Å². The van der Waals surface area contributed by atoms with Crippen LogP contribution in [0.3, 0.4) is 0 Å². The molecule has 0 bridgehead atoms. The summed E-state index contributed by atoms with van der Waals surface area (Å²) in [5.41, 5.74) is 1.35. The third kappa shape index (κ3) is 13.5. The van der Waals surface area contributed by atoms with E-state index in [9.17, 15) is 18.0 Å². The summed E-state index contributed by atoms with van der Waals surface area (Å²) >= 11 is 5.51.